The second kappa shape index (κ2) is 8.29. The van der Waals surface area contributed by atoms with Crippen molar-refractivity contribution in [3.8, 4) is 5.75 Å². The van der Waals surface area contributed by atoms with Gasteiger partial charge < -0.3 is 14.9 Å². The molecule has 0 saturated carbocycles. The van der Waals surface area contributed by atoms with E-state index in [0.29, 0.717) is 24.3 Å². The van der Waals surface area contributed by atoms with Gasteiger partial charge in [0.05, 0.1) is 17.7 Å². The highest BCUT2D eigenvalue weighted by Crippen LogP contribution is 2.28. The number of carboxylic acids is 2. The topological polar surface area (TPSA) is 83.8 Å². The molecule has 116 valence electrons. The quantitative estimate of drug-likeness (QED) is 0.680. The van der Waals surface area contributed by atoms with Gasteiger partial charge in [0, 0.05) is 5.56 Å². The van der Waals surface area contributed by atoms with Crippen molar-refractivity contribution in [1.29, 1.82) is 0 Å². The highest BCUT2D eigenvalue weighted by Gasteiger charge is 2.23. The molecule has 2 N–H and O–H groups in total. The van der Waals surface area contributed by atoms with Crippen LogP contribution in [0.25, 0.3) is 0 Å². The molecule has 0 fully saturated rings. The standard InChI is InChI=1S/C16H22O5/c1-3-5-7-11-13(21-10-6-4-2)9-8-12(15(17)18)14(11)16(19)20/h8-9H,3-7,10H2,1-2H3,(H,17,18)(H,19,20). The Kier molecular flexibility index (Phi) is 6.72. The van der Waals surface area contributed by atoms with Crippen LogP contribution in [0, 0.1) is 0 Å². The first-order valence-corrected chi connectivity index (χ1v) is 7.28. The normalized spacial score (nSPS) is 10.4. The van der Waals surface area contributed by atoms with E-state index in [1.54, 1.807) is 6.07 Å². The molecular weight excluding hydrogens is 272 g/mol. The predicted molar refractivity (Wildman–Crippen MR) is 79.4 cm³/mol. The van der Waals surface area contributed by atoms with Crippen LogP contribution in [-0.4, -0.2) is 28.8 Å². The molecule has 21 heavy (non-hydrogen) atoms. The molecule has 0 spiro atoms. The Morgan fingerprint density at radius 1 is 1.05 bits per heavy atom. The van der Waals surface area contributed by atoms with Gasteiger partial charge in [-0.2, -0.15) is 0 Å². The minimum Gasteiger partial charge on any atom is -0.493 e. The van der Waals surface area contributed by atoms with Gasteiger partial charge in [-0.3, -0.25) is 0 Å². The largest absolute Gasteiger partial charge is 0.493 e. The summed E-state index contributed by atoms with van der Waals surface area (Å²) in [6.07, 6.45) is 4.03. The fraction of sp³-hybridized carbons (Fsp3) is 0.500. The summed E-state index contributed by atoms with van der Waals surface area (Å²) in [6, 6.07) is 2.87. The number of ether oxygens (including phenoxy) is 1. The molecule has 0 atom stereocenters. The lowest BCUT2D eigenvalue weighted by Gasteiger charge is -2.15. The molecule has 0 amide bonds. The van der Waals surface area contributed by atoms with E-state index >= 15 is 0 Å². The van der Waals surface area contributed by atoms with Gasteiger partial charge in [-0.15, -0.1) is 0 Å². The molecule has 0 bridgehead atoms. The maximum Gasteiger partial charge on any atom is 0.336 e. The average Bonchev–Trinajstić information content (AvgIpc) is 2.44. The summed E-state index contributed by atoms with van der Waals surface area (Å²) in [7, 11) is 0. The molecule has 5 nitrogen and oxygen atoms in total. The molecule has 5 heteroatoms. The summed E-state index contributed by atoms with van der Waals surface area (Å²) in [5.74, 6) is -1.97. The lowest BCUT2D eigenvalue weighted by Crippen LogP contribution is -2.13. The first kappa shape index (κ1) is 17.0. The van der Waals surface area contributed by atoms with Crippen LogP contribution in [0.1, 0.15) is 65.8 Å². The minimum atomic E-state index is -1.23. The maximum absolute atomic E-state index is 11.5. The molecule has 0 aliphatic heterocycles. The number of hydrogen-bond donors (Lipinski definition) is 2. The first-order chi connectivity index (χ1) is 10.0. The van der Waals surface area contributed by atoms with E-state index in [1.165, 1.54) is 6.07 Å². The van der Waals surface area contributed by atoms with Gasteiger partial charge in [-0.1, -0.05) is 26.7 Å². The van der Waals surface area contributed by atoms with Crippen molar-refractivity contribution in [3.05, 3.63) is 28.8 Å². The summed E-state index contributed by atoms with van der Waals surface area (Å²) in [5, 5.41) is 18.5. The van der Waals surface area contributed by atoms with Crippen molar-refractivity contribution in [1.82, 2.24) is 0 Å². The molecule has 0 aliphatic carbocycles. The summed E-state index contributed by atoms with van der Waals surface area (Å²) in [6.45, 7) is 4.54. The minimum absolute atomic E-state index is 0.148. The van der Waals surface area contributed by atoms with Crippen molar-refractivity contribution < 1.29 is 24.5 Å². The highest BCUT2D eigenvalue weighted by atomic mass is 16.5. The van der Waals surface area contributed by atoms with Crippen LogP contribution in [0.15, 0.2) is 12.1 Å². The Hall–Kier alpha value is -2.04. The third kappa shape index (κ3) is 4.48. The number of unbranched alkanes of at least 4 members (excludes halogenated alkanes) is 2. The summed E-state index contributed by atoms with van der Waals surface area (Å²) >= 11 is 0. The van der Waals surface area contributed by atoms with Gasteiger partial charge in [0.2, 0.25) is 0 Å². The van der Waals surface area contributed by atoms with Crippen LogP contribution in [0.4, 0.5) is 0 Å². The van der Waals surface area contributed by atoms with E-state index in [0.717, 1.165) is 25.7 Å². The van der Waals surface area contributed by atoms with E-state index in [1.807, 2.05) is 13.8 Å². The van der Waals surface area contributed by atoms with Gasteiger partial charge in [0.15, 0.2) is 0 Å². The molecule has 0 radical (unpaired) electrons. The van der Waals surface area contributed by atoms with E-state index in [2.05, 4.69) is 0 Å². The Morgan fingerprint density at radius 2 is 1.71 bits per heavy atom. The van der Waals surface area contributed by atoms with Gasteiger partial charge in [-0.05, 0) is 31.4 Å². The number of benzene rings is 1. The van der Waals surface area contributed by atoms with Gasteiger partial charge in [0.1, 0.15) is 5.75 Å². The van der Waals surface area contributed by atoms with Crippen LogP contribution in [-0.2, 0) is 6.42 Å². The zero-order valence-electron chi connectivity index (χ0n) is 12.5. The second-order valence-corrected chi connectivity index (χ2v) is 4.88. The van der Waals surface area contributed by atoms with Crippen LogP contribution in [0.2, 0.25) is 0 Å². The van der Waals surface area contributed by atoms with E-state index in [-0.39, 0.29) is 11.1 Å². The van der Waals surface area contributed by atoms with Crippen LogP contribution in [0.5, 0.6) is 5.75 Å². The highest BCUT2D eigenvalue weighted by molar-refractivity contribution is 6.03. The lowest BCUT2D eigenvalue weighted by atomic mass is 9.96. The third-order valence-corrected chi connectivity index (χ3v) is 3.25. The molecule has 0 aromatic heterocycles. The zero-order valence-corrected chi connectivity index (χ0v) is 12.5. The molecule has 0 saturated heterocycles. The van der Waals surface area contributed by atoms with E-state index in [9.17, 15) is 14.7 Å². The van der Waals surface area contributed by atoms with Crippen molar-refractivity contribution in [2.75, 3.05) is 6.61 Å². The van der Waals surface area contributed by atoms with Gasteiger partial charge in [0.25, 0.3) is 0 Å². The third-order valence-electron chi connectivity index (χ3n) is 3.25. The number of carbonyl (C=O) groups is 2. The molecule has 1 aromatic rings. The number of hydrogen-bond acceptors (Lipinski definition) is 3. The zero-order chi connectivity index (χ0) is 15.8. The maximum atomic E-state index is 11.5. The van der Waals surface area contributed by atoms with Crippen molar-refractivity contribution in [2.45, 2.75) is 46.0 Å². The molecule has 0 unspecified atom stereocenters. The Bertz CT molecular complexity index is 508. The molecule has 1 rings (SSSR count). The number of rotatable bonds is 9. The second-order valence-electron chi connectivity index (χ2n) is 4.88. The van der Waals surface area contributed by atoms with Crippen molar-refractivity contribution in [3.63, 3.8) is 0 Å². The van der Waals surface area contributed by atoms with Crippen LogP contribution in [0.3, 0.4) is 0 Å². The Labute approximate surface area is 124 Å². The predicted octanol–water partition coefficient (Wildman–Crippen LogP) is 3.60. The van der Waals surface area contributed by atoms with Gasteiger partial charge in [-0.25, -0.2) is 9.59 Å². The molecule has 0 heterocycles. The lowest BCUT2D eigenvalue weighted by molar-refractivity contribution is 0.0650. The Morgan fingerprint density at radius 3 is 2.24 bits per heavy atom. The summed E-state index contributed by atoms with van der Waals surface area (Å²) in [4.78, 5) is 22.7. The first-order valence-electron chi connectivity index (χ1n) is 7.28. The van der Waals surface area contributed by atoms with Gasteiger partial charge >= 0.3 is 11.9 Å². The molecule has 1 aromatic carbocycles. The summed E-state index contributed by atoms with van der Waals surface area (Å²) < 4.78 is 5.64. The fourth-order valence-corrected chi connectivity index (χ4v) is 2.11. The smallest absolute Gasteiger partial charge is 0.336 e. The van der Waals surface area contributed by atoms with E-state index < -0.39 is 11.9 Å². The SMILES string of the molecule is CCCCOc1ccc(C(=O)O)c(C(=O)O)c1CCCC. The average molecular weight is 294 g/mol. The fourth-order valence-electron chi connectivity index (χ4n) is 2.11. The van der Waals surface area contributed by atoms with Crippen molar-refractivity contribution >= 4 is 11.9 Å². The molecule has 0 aliphatic rings. The number of aromatic carboxylic acids is 2. The van der Waals surface area contributed by atoms with Crippen molar-refractivity contribution in [2.24, 2.45) is 0 Å². The monoisotopic (exact) mass is 294 g/mol. The van der Waals surface area contributed by atoms with Crippen LogP contribution < -0.4 is 4.74 Å². The van der Waals surface area contributed by atoms with Crippen LogP contribution >= 0.6 is 0 Å². The molecular formula is C16H22O5. The van der Waals surface area contributed by atoms with E-state index in [4.69, 9.17) is 9.84 Å². The number of carboxylic acid groups (broad SMARTS) is 2. The Balaban J connectivity index is 3.26. The summed E-state index contributed by atoms with van der Waals surface area (Å²) in [5.41, 5.74) is 0.154.